The van der Waals surface area contributed by atoms with Gasteiger partial charge in [0.05, 0.1) is 25.3 Å². The average molecular weight is 666 g/mol. The fourth-order valence-corrected chi connectivity index (χ4v) is 6.05. The Morgan fingerprint density at radius 2 is 1.52 bits per heavy atom. The molecule has 0 aliphatic rings. The van der Waals surface area contributed by atoms with Crippen LogP contribution in [0, 0.1) is 0 Å². The molecule has 0 spiro atoms. The third-order valence-electron chi connectivity index (χ3n) is 7.85. The molecule has 1 amide bonds. The van der Waals surface area contributed by atoms with Gasteiger partial charge in [-0.25, -0.2) is 9.36 Å². The molecule has 1 heterocycles. The summed E-state index contributed by atoms with van der Waals surface area (Å²) in [6.07, 6.45) is 18.2. The lowest BCUT2D eigenvalue weighted by molar-refractivity contribution is -0.120. The summed E-state index contributed by atoms with van der Waals surface area (Å²) in [5.74, 6) is -0.231. The number of hydrogen-bond donors (Lipinski definition) is 5. The van der Waals surface area contributed by atoms with Crippen LogP contribution in [0.4, 0.5) is 5.82 Å². The number of hydrogen-bond acceptors (Lipinski definition) is 9. The summed E-state index contributed by atoms with van der Waals surface area (Å²) in [6, 6.07) is 7.38. The Labute approximate surface area is 273 Å². The largest absolute Gasteiger partial charge is 0.423 e. The van der Waals surface area contributed by atoms with Gasteiger partial charge in [0, 0.05) is 6.20 Å². The van der Waals surface area contributed by atoms with Crippen molar-refractivity contribution in [3.05, 3.63) is 52.6 Å². The molecule has 1 aromatic carbocycles. The predicted octanol–water partition coefficient (Wildman–Crippen LogP) is 4.89. The summed E-state index contributed by atoms with van der Waals surface area (Å²) >= 11 is 0. The molecule has 0 bridgehead atoms. The molecule has 12 nitrogen and oxygen atoms in total. The number of rotatable bonds is 27. The SMILES string of the molecule is CCCCCCCCCCCCCCCCN[C@@H](Cc1ccc(OP(=O)(O)CO[C@H](CO)Cn2ccc(N)nc2=O)cc1)C(N)=O. The van der Waals surface area contributed by atoms with Crippen LogP contribution in [0.5, 0.6) is 5.75 Å². The normalized spacial score (nSPS) is 14.1. The van der Waals surface area contributed by atoms with Crippen molar-refractivity contribution in [3.8, 4) is 5.75 Å². The van der Waals surface area contributed by atoms with Gasteiger partial charge in [-0.2, -0.15) is 4.98 Å². The Morgan fingerprint density at radius 3 is 2.04 bits per heavy atom. The van der Waals surface area contributed by atoms with E-state index < -0.39 is 44.3 Å². The number of nitrogens with zero attached hydrogens (tertiary/aromatic N) is 2. The smallest absolute Gasteiger partial charge is 0.402 e. The van der Waals surface area contributed by atoms with Crippen LogP contribution in [0.1, 0.15) is 102 Å². The number of ether oxygens (including phenoxy) is 1. The first-order valence-electron chi connectivity index (χ1n) is 16.8. The highest BCUT2D eigenvalue weighted by Crippen LogP contribution is 2.42. The number of unbranched alkanes of at least 4 members (excludes halogenated alkanes) is 13. The maximum atomic E-state index is 12.6. The van der Waals surface area contributed by atoms with Gasteiger partial charge < -0.3 is 36.0 Å². The van der Waals surface area contributed by atoms with Crippen LogP contribution < -0.4 is 27.0 Å². The minimum atomic E-state index is -4.25. The number of amides is 1. The van der Waals surface area contributed by atoms with Crippen molar-refractivity contribution in [1.82, 2.24) is 14.9 Å². The van der Waals surface area contributed by atoms with E-state index in [4.69, 9.17) is 20.7 Å². The van der Waals surface area contributed by atoms with Gasteiger partial charge in [-0.1, -0.05) is 103 Å². The fraction of sp³-hybridized carbons (Fsp3) is 0.667. The first-order valence-corrected chi connectivity index (χ1v) is 18.6. The highest BCUT2D eigenvalue weighted by Gasteiger charge is 2.24. The van der Waals surface area contributed by atoms with E-state index in [-0.39, 0.29) is 18.1 Å². The summed E-state index contributed by atoms with van der Waals surface area (Å²) in [5.41, 5.74) is 11.3. The van der Waals surface area contributed by atoms with Crippen molar-refractivity contribution in [2.24, 2.45) is 5.73 Å². The monoisotopic (exact) mass is 665 g/mol. The van der Waals surface area contributed by atoms with Gasteiger partial charge >= 0.3 is 13.3 Å². The maximum Gasteiger partial charge on any atom is 0.402 e. The highest BCUT2D eigenvalue weighted by atomic mass is 31.2. The zero-order valence-electron chi connectivity index (χ0n) is 27.5. The van der Waals surface area contributed by atoms with E-state index in [1.54, 1.807) is 12.1 Å². The fourth-order valence-electron chi connectivity index (χ4n) is 5.15. The maximum absolute atomic E-state index is 12.6. The second kappa shape index (κ2) is 22.7. The van der Waals surface area contributed by atoms with Gasteiger partial charge in [-0.15, -0.1) is 0 Å². The number of carbonyl (C=O) groups excluding carboxylic acids is 1. The molecule has 260 valence electrons. The molecule has 0 radical (unpaired) electrons. The van der Waals surface area contributed by atoms with Crippen molar-refractivity contribution in [2.75, 3.05) is 25.2 Å². The van der Waals surface area contributed by atoms with Crippen LogP contribution in [0.25, 0.3) is 0 Å². The van der Waals surface area contributed by atoms with Gasteiger partial charge in [0.15, 0.2) is 6.35 Å². The van der Waals surface area contributed by atoms with E-state index in [9.17, 15) is 24.2 Å². The quantitative estimate of drug-likeness (QED) is 0.0648. The Balaban J connectivity index is 1.64. The summed E-state index contributed by atoms with van der Waals surface area (Å²) in [4.78, 5) is 37.8. The van der Waals surface area contributed by atoms with Gasteiger partial charge in [0.1, 0.15) is 11.6 Å². The topological polar surface area (TPSA) is 192 Å². The molecule has 46 heavy (non-hydrogen) atoms. The third kappa shape index (κ3) is 17.2. The highest BCUT2D eigenvalue weighted by molar-refractivity contribution is 7.53. The van der Waals surface area contributed by atoms with E-state index in [2.05, 4.69) is 17.2 Å². The van der Waals surface area contributed by atoms with Crippen molar-refractivity contribution in [3.63, 3.8) is 0 Å². The van der Waals surface area contributed by atoms with Crippen LogP contribution in [0.3, 0.4) is 0 Å². The molecular weight excluding hydrogens is 609 g/mol. The van der Waals surface area contributed by atoms with Crippen LogP contribution in [0.15, 0.2) is 41.3 Å². The average Bonchev–Trinajstić information content (AvgIpc) is 3.02. The third-order valence-corrected chi connectivity index (χ3v) is 8.82. The van der Waals surface area contributed by atoms with E-state index in [0.29, 0.717) is 13.0 Å². The molecular formula is C33H56N5O7P. The number of primary amides is 1. The molecule has 1 unspecified atom stereocenters. The van der Waals surface area contributed by atoms with Gasteiger partial charge in [-0.05, 0) is 43.1 Å². The Morgan fingerprint density at radius 1 is 0.957 bits per heavy atom. The summed E-state index contributed by atoms with van der Waals surface area (Å²) in [5, 5.41) is 12.9. The molecule has 3 atom stereocenters. The predicted molar refractivity (Wildman–Crippen MR) is 182 cm³/mol. The molecule has 1 aromatic heterocycles. The van der Waals surface area contributed by atoms with E-state index in [1.807, 2.05) is 0 Å². The summed E-state index contributed by atoms with van der Waals surface area (Å²) in [6.45, 7) is 2.37. The molecule has 2 aromatic rings. The lowest BCUT2D eigenvalue weighted by Crippen LogP contribution is -2.43. The molecule has 0 fully saturated rings. The van der Waals surface area contributed by atoms with Gasteiger partial charge in [-0.3, -0.25) is 9.36 Å². The van der Waals surface area contributed by atoms with Gasteiger partial charge in [0.25, 0.3) is 0 Å². The Hall–Kier alpha value is -2.76. The standard InChI is InChI=1S/C33H56N5O7P/c1-2-3-4-5-6-7-8-9-10-11-12-13-14-15-21-36-30(32(35)40)23-27-16-18-28(19-17-27)45-46(42,43)26-44-29(25-39)24-38-22-20-31(34)37-33(38)41/h16-20,22,29-30,36,39H,2-15,21,23-26H2,1H3,(H2,35,40)(H,42,43)(H2,34,37,41)/t29-,30-/m0/s1. The number of aliphatic hydroxyl groups excluding tert-OH is 1. The van der Waals surface area contributed by atoms with Crippen LogP contribution >= 0.6 is 7.60 Å². The van der Waals surface area contributed by atoms with Crippen molar-refractivity contribution in [1.29, 1.82) is 0 Å². The number of benzene rings is 1. The molecule has 7 N–H and O–H groups in total. The van der Waals surface area contributed by atoms with Crippen molar-refractivity contribution < 1.29 is 28.6 Å². The molecule has 0 aliphatic carbocycles. The van der Waals surface area contributed by atoms with Crippen LogP contribution in [-0.4, -0.2) is 57.1 Å². The number of nitrogen functional groups attached to an aromatic ring is 1. The lowest BCUT2D eigenvalue weighted by atomic mass is 10.0. The number of carbonyl (C=O) groups is 1. The Bertz CT molecular complexity index is 1230. The van der Waals surface area contributed by atoms with Gasteiger partial charge in [0.2, 0.25) is 5.91 Å². The zero-order chi connectivity index (χ0) is 33.6. The number of aliphatic hydroxyl groups is 1. The van der Waals surface area contributed by atoms with Crippen molar-refractivity contribution in [2.45, 2.75) is 122 Å². The minimum Gasteiger partial charge on any atom is -0.423 e. The van der Waals surface area contributed by atoms with E-state index >= 15 is 0 Å². The number of nitrogens with two attached hydrogens (primary N) is 2. The molecule has 13 heteroatoms. The minimum absolute atomic E-state index is 0.0589. The van der Waals surface area contributed by atoms with E-state index in [0.717, 1.165) is 18.4 Å². The zero-order valence-corrected chi connectivity index (χ0v) is 28.4. The number of anilines is 1. The van der Waals surface area contributed by atoms with E-state index in [1.165, 1.54) is 106 Å². The second-order valence-corrected chi connectivity index (χ2v) is 13.7. The molecule has 2 rings (SSSR count). The number of aromatic nitrogens is 2. The first-order chi connectivity index (χ1) is 22.1. The lowest BCUT2D eigenvalue weighted by Gasteiger charge is -2.19. The number of nitrogens with one attached hydrogen (secondary N) is 1. The van der Waals surface area contributed by atoms with Crippen LogP contribution in [-0.2, 0) is 27.1 Å². The van der Waals surface area contributed by atoms with Crippen molar-refractivity contribution >= 4 is 19.3 Å². The summed E-state index contributed by atoms with van der Waals surface area (Å²) in [7, 11) is -4.25. The first kappa shape index (κ1) is 39.4. The molecule has 0 saturated heterocycles. The molecule has 0 aliphatic heterocycles. The molecule has 0 saturated carbocycles. The summed E-state index contributed by atoms with van der Waals surface area (Å²) < 4.78 is 24.4. The second-order valence-electron chi connectivity index (χ2n) is 12.0. The van der Waals surface area contributed by atoms with Crippen LogP contribution in [0.2, 0.25) is 0 Å². The Kier molecular flexibility index (Phi) is 19.5.